The minimum atomic E-state index is -4.44. The maximum absolute atomic E-state index is 12.7. The molecule has 9 heteroatoms. The summed E-state index contributed by atoms with van der Waals surface area (Å²) in [7, 11) is 0. The highest BCUT2D eigenvalue weighted by atomic mass is 35.5. The van der Waals surface area contributed by atoms with Gasteiger partial charge in [-0.2, -0.15) is 13.2 Å². The SMILES string of the molecule is Cl.NC(=O)Cc1ccc(OCCNCC(O)c2cccc(C(F)(F)F)c2)cc1. The zero-order chi connectivity index (χ0) is 19.9. The number of halogens is 4. The molecule has 0 aliphatic carbocycles. The standard InChI is InChI=1S/C19H21F3N2O3.ClH/c20-19(21,22)15-3-1-2-14(11-15)17(25)12-24-8-9-27-16-6-4-13(5-7-16)10-18(23)26;/h1-7,11,17,24-25H,8-10,12H2,(H2,23,26);1H. The topological polar surface area (TPSA) is 84.6 Å². The molecule has 0 aromatic heterocycles. The molecule has 28 heavy (non-hydrogen) atoms. The zero-order valence-electron chi connectivity index (χ0n) is 14.9. The van der Waals surface area contributed by atoms with E-state index < -0.39 is 23.8 Å². The number of nitrogens with two attached hydrogens (primary N) is 1. The molecule has 1 atom stereocenters. The van der Waals surface area contributed by atoms with E-state index in [1.807, 2.05) is 0 Å². The van der Waals surface area contributed by atoms with Crippen molar-refractivity contribution in [3.63, 3.8) is 0 Å². The van der Waals surface area contributed by atoms with Gasteiger partial charge in [0.15, 0.2) is 0 Å². The van der Waals surface area contributed by atoms with Gasteiger partial charge < -0.3 is 20.9 Å². The Balaban J connectivity index is 0.00000392. The van der Waals surface area contributed by atoms with Gasteiger partial charge >= 0.3 is 6.18 Å². The summed E-state index contributed by atoms with van der Waals surface area (Å²) in [5.74, 6) is 0.204. The fourth-order valence-corrected chi connectivity index (χ4v) is 2.42. The van der Waals surface area contributed by atoms with E-state index in [2.05, 4.69) is 5.32 Å². The van der Waals surface area contributed by atoms with Crippen molar-refractivity contribution >= 4 is 18.3 Å². The number of nitrogens with one attached hydrogen (secondary N) is 1. The van der Waals surface area contributed by atoms with E-state index >= 15 is 0 Å². The molecule has 5 nitrogen and oxygen atoms in total. The number of aliphatic hydroxyl groups excluding tert-OH is 1. The summed E-state index contributed by atoms with van der Waals surface area (Å²) in [5, 5.41) is 13.0. The Morgan fingerprint density at radius 3 is 2.46 bits per heavy atom. The van der Waals surface area contributed by atoms with Crippen molar-refractivity contribution in [1.29, 1.82) is 0 Å². The van der Waals surface area contributed by atoms with Crippen molar-refractivity contribution in [3.05, 3.63) is 65.2 Å². The summed E-state index contributed by atoms with van der Waals surface area (Å²) in [6.07, 6.45) is -5.33. The molecule has 1 unspecified atom stereocenters. The number of ether oxygens (including phenoxy) is 1. The lowest BCUT2D eigenvalue weighted by Gasteiger charge is -2.15. The van der Waals surface area contributed by atoms with E-state index in [4.69, 9.17) is 10.5 Å². The van der Waals surface area contributed by atoms with Crippen molar-refractivity contribution in [2.45, 2.75) is 18.7 Å². The number of aliphatic hydroxyl groups is 1. The second-order valence-electron chi connectivity index (χ2n) is 5.98. The van der Waals surface area contributed by atoms with Gasteiger partial charge in [-0.15, -0.1) is 12.4 Å². The van der Waals surface area contributed by atoms with Gasteiger partial charge in [0.1, 0.15) is 12.4 Å². The van der Waals surface area contributed by atoms with Gasteiger partial charge in [0.05, 0.1) is 18.1 Å². The van der Waals surface area contributed by atoms with Crippen LogP contribution in [0.1, 0.15) is 22.8 Å². The first-order valence-corrected chi connectivity index (χ1v) is 8.31. The Morgan fingerprint density at radius 1 is 1.18 bits per heavy atom. The zero-order valence-corrected chi connectivity index (χ0v) is 15.7. The molecular weight excluding hydrogens is 397 g/mol. The van der Waals surface area contributed by atoms with Crippen molar-refractivity contribution in [2.75, 3.05) is 19.7 Å². The summed E-state index contributed by atoms with van der Waals surface area (Å²) in [4.78, 5) is 10.8. The normalized spacial score (nSPS) is 12.1. The van der Waals surface area contributed by atoms with E-state index in [0.29, 0.717) is 18.9 Å². The van der Waals surface area contributed by atoms with E-state index in [9.17, 15) is 23.1 Å². The van der Waals surface area contributed by atoms with Crippen LogP contribution in [0.15, 0.2) is 48.5 Å². The van der Waals surface area contributed by atoms with E-state index in [1.54, 1.807) is 24.3 Å². The molecule has 2 rings (SSSR count). The third kappa shape index (κ3) is 7.75. The molecule has 0 aliphatic rings. The van der Waals surface area contributed by atoms with Gasteiger partial charge in [0.2, 0.25) is 5.91 Å². The lowest BCUT2D eigenvalue weighted by molar-refractivity contribution is -0.137. The highest BCUT2D eigenvalue weighted by Crippen LogP contribution is 2.30. The number of benzene rings is 2. The summed E-state index contributed by atoms with van der Waals surface area (Å²) in [6.45, 7) is 0.811. The number of alkyl halides is 3. The monoisotopic (exact) mass is 418 g/mol. The highest BCUT2D eigenvalue weighted by Gasteiger charge is 2.30. The van der Waals surface area contributed by atoms with E-state index in [0.717, 1.165) is 17.7 Å². The highest BCUT2D eigenvalue weighted by molar-refractivity contribution is 5.85. The largest absolute Gasteiger partial charge is 0.492 e. The first-order chi connectivity index (χ1) is 12.8. The molecule has 2 aromatic rings. The van der Waals surface area contributed by atoms with Crippen LogP contribution in [-0.2, 0) is 17.4 Å². The first kappa shape index (κ1) is 23.7. The number of primary amides is 1. The van der Waals surface area contributed by atoms with Crippen LogP contribution in [0.2, 0.25) is 0 Å². The number of hydrogen-bond donors (Lipinski definition) is 3. The number of carbonyl (C=O) groups excluding carboxylic acids is 1. The third-order valence-corrected chi connectivity index (χ3v) is 3.79. The average Bonchev–Trinajstić information content (AvgIpc) is 2.61. The molecule has 1 amide bonds. The first-order valence-electron chi connectivity index (χ1n) is 8.31. The Hall–Kier alpha value is -2.29. The third-order valence-electron chi connectivity index (χ3n) is 3.79. The quantitative estimate of drug-likeness (QED) is 0.547. The van der Waals surface area contributed by atoms with Gasteiger partial charge in [-0.1, -0.05) is 24.3 Å². The number of amides is 1. The second kappa shape index (κ2) is 10.9. The van der Waals surface area contributed by atoms with E-state index in [-0.39, 0.29) is 30.9 Å². The van der Waals surface area contributed by atoms with Crippen molar-refractivity contribution < 1.29 is 27.8 Å². The van der Waals surface area contributed by atoms with Crippen molar-refractivity contribution in [2.24, 2.45) is 5.73 Å². The van der Waals surface area contributed by atoms with Crippen molar-refractivity contribution in [3.8, 4) is 5.75 Å². The molecule has 0 aliphatic heterocycles. The van der Waals surface area contributed by atoms with Gasteiger partial charge in [0.25, 0.3) is 0 Å². The van der Waals surface area contributed by atoms with Crippen LogP contribution in [-0.4, -0.2) is 30.7 Å². The van der Waals surface area contributed by atoms with Gasteiger partial charge in [-0.3, -0.25) is 4.79 Å². The van der Waals surface area contributed by atoms with E-state index in [1.165, 1.54) is 12.1 Å². The number of hydrogen-bond acceptors (Lipinski definition) is 4. The van der Waals surface area contributed by atoms with Gasteiger partial charge in [0, 0.05) is 13.1 Å². The molecule has 154 valence electrons. The minimum absolute atomic E-state index is 0. The smallest absolute Gasteiger partial charge is 0.416 e. The molecule has 0 bridgehead atoms. The van der Waals surface area contributed by atoms with Crippen LogP contribution in [0.5, 0.6) is 5.75 Å². The van der Waals surface area contributed by atoms with Crippen LogP contribution in [0, 0.1) is 0 Å². The minimum Gasteiger partial charge on any atom is -0.492 e. The molecule has 0 saturated heterocycles. The molecule has 0 fully saturated rings. The van der Waals surface area contributed by atoms with Crippen LogP contribution in [0.4, 0.5) is 13.2 Å². The van der Waals surface area contributed by atoms with Gasteiger partial charge in [-0.25, -0.2) is 0 Å². The Kier molecular flexibility index (Phi) is 9.24. The maximum atomic E-state index is 12.7. The number of rotatable bonds is 9. The Labute approximate surface area is 167 Å². The van der Waals surface area contributed by atoms with Crippen LogP contribution in [0.25, 0.3) is 0 Å². The van der Waals surface area contributed by atoms with Crippen molar-refractivity contribution in [1.82, 2.24) is 5.32 Å². The molecule has 2 aromatic carbocycles. The van der Waals surface area contributed by atoms with Gasteiger partial charge in [-0.05, 0) is 35.4 Å². The summed E-state index contributed by atoms with van der Waals surface area (Å²) < 4.78 is 43.6. The molecule has 0 radical (unpaired) electrons. The lowest BCUT2D eigenvalue weighted by atomic mass is 10.1. The lowest BCUT2D eigenvalue weighted by Crippen LogP contribution is -2.26. The number of carbonyl (C=O) groups is 1. The summed E-state index contributed by atoms with van der Waals surface area (Å²) in [6, 6.07) is 11.5. The molecular formula is C19H22ClF3N2O3. The molecule has 4 N–H and O–H groups in total. The van der Waals surface area contributed by atoms with Crippen LogP contribution < -0.4 is 15.8 Å². The Bertz CT molecular complexity index is 755. The molecule has 0 heterocycles. The summed E-state index contributed by atoms with van der Waals surface area (Å²) >= 11 is 0. The maximum Gasteiger partial charge on any atom is 0.416 e. The predicted octanol–water partition coefficient (Wildman–Crippen LogP) is 2.86. The predicted molar refractivity (Wildman–Crippen MR) is 101 cm³/mol. The second-order valence-corrected chi connectivity index (χ2v) is 5.98. The summed E-state index contributed by atoms with van der Waals surface area (Å²) in [5.41, 5.74) is 5.31. The fraction of sp³-hybridized carbons (Fsp3) is 0.316. The molecule has 0 spiro atoms. The Morgan fingerprint density at radius 2 is 1.86 bits per heavy atom. The fourth-order valence-electron chi connectivity index (χ4n) is 2.42. The molecule has 0 saturated carbocycles. The van der Waals surface area contributed by atoms with Crippen LogP contribution in [0.3, 0.4) is 0 Å². The average molecular weight is 419 g/mol. The van der Waals surface area contributed by atoms with Crippen LogP contribution >= 0.6 is 12.4 Å².